The van der Waals surface area contributed by atoms with Crippen molar-refractivity contribution in [2.24, 2.45) is 11.8 Å². The first kappa shape index (κ1) is 14.8. The molecular weight excluding hydrogens is 259 g/mol. The van der Waals surface area contributed by atoms with Crippen LogP contribution < -0.4 is 15.4 Å². The third kappa shape index (κ3) is 3.10. The van der Waals surface area contributed by atoms with Gasteiger partial charge in [0.25, 0.3) is 0 Å². The lowest BCUT2D eigenvalue weighted by Gasteiger charge is -2.32. The van der Waals surface area contributed by atoms with E-state index in [9.17, 15) is 9.18 Å². The molecule has 1 aliphatic rings. The fraction of sp³-hybridized carbons (Fsp3) is 0.533. The van der Waals surface area contributed by atoms with E-state index in [0.29, 0.717) is 5.92 Å². The first-order valence-corrected chi connectivity index (χ1v) is 6.87. The maximum Gasteiger partial charge on any atom is 0.223 e. The van der Waals surface area contributed by atoms with Gasteiger partial charge in [-0.1, -0.05) is 13.0 Å². The fourth-order valence-electron chi connectivity index (χ4n) is 2.26. The Labute approximate surface area is 118 Å². The van der Waals surface area contributed by atoms with Crippen LogP contribution in [-0.4, -0.2) is 26.1 Å². The van der Waals surface area contributed by atoms with Crippen LogP contribution in [0.2, 0.25) is 0 Å². The van der Waals surface area contributed by atoms with Gasteiger partial charge < -0.3 is 15.4 Å². The van der Waals surface area contributed by atoms with Crippen LogP contribution in [0.3, 0.4) is 0 Å². The zero-order valence-electron chi connectivity index (χ0n) is 12.1. The lowest BCUT2D eigenvalue weighted by molar-refractivity contribution is -0.127. The van der Waals surface area contributed by atoms with E-state index in [1.54, 1.807) is 12.1 Å². The van der Waals surface area contributed by atoms with Crippen molar-refractivity contribution in [2.45, 2.75) is 19.9 Å². The van der Waals surface area contributed by atoms with Crippen LogP contribution in [0.5, 0.6) is 5.75 Å². The van der Waals surface area contributed by atoms with Gasteiger partial charge in [-0.25, -0.2) is 4.39 Å². The summed E-state index contributed by atoms with van der Waals surface area (Å²) in [6, 6.07) is 4.52. The van der Waals surface area contributed by atoms with Crippen LogP contribution in [0, 0.1) is 17.7 Å². The highest BCUT2D eigenvalue weighted by atomic mass is 19.1. The Morgan fingerprint density at radius 2 is 2.15 bits per heavy atom. The van der Waals surface area contributed by atoms with Gasteiger partial charge in [0.15, 0.2) is 11.6 Å². The molecule has 0 aromatic heterocycles. The summed E-state index contributed by atoms with van der Waals surface area (Å²) < 4.78 is 18.5. The second-order valence-corrected chi connectivity index (χ2v) is 5.33. The summed E-state index contributed by atoms with van der Waals surface area (Å²) in [6.07, 6.45) is 0. The van der Waals surface area contributed by atoms with Gasteiger partial charge in [0.1, 0.15) is 0 Å². The van der Waals surface area contributed by atoms with Crippen LogP contribution in [0.4, 0.5) is 4.39 Å². The lowest BCUT2D eigenvalue weighted by Crippen LogP contribution is -2.49. The highest BCUT2D eigenvalue weighted by Crippen LogP contribution is 2.23. The van der Waals surface area contributed by atoms with Crippen LogP contribution in [0.1, 0.15) is 25.5 Å². The molecule has 0 aliphatic carbocycles. The molecule has 2 N–H and O–H groups in total. The summed E-state index contributed by atoms with van der Waals surface area (Å²) in [4.78, 5) is 12.1. The third-order valence-electron chi connectivity index (χ3n) is 3.97. The highest BCUT2D eigenvalue weighted by Gasteiger charge is 2.29. The van der Waals surface area contributed by atoms with Gasteiger partial charge >= 0.3 is 0 Å². The van der Waals surface area contributed by atoms with Crippen molar-refractivity contribution in [3.8, 4) is 5.75 Å². The van der Waals surface area contributed by atoms with Gasteiger partial charge in [0, 0.05) is 5.92 Å². The second-order valence-electron chi connectivity index (χ2n) is 5.33. The zero-order chi connectivity index (χ0) is 14.7. The summed E-state index contributed by atoms with van der Waals surface area (Å²) in [5, 5.41) is 6.09. The van der Waals surface area contributed by atoms with Crippen molar-refractivity contribution in [3.63, 3.8) is 0 Å². The fourth-order valence-corrected chi connectivity index (χ4v) is 2.26. The summed E-state index contributed by atoms with van der Waals surface area (Å²) in [6.45, 7) is 5.56. The first-order valence-electron chi connectivity index (χ1n) is 6.87. The Morgan fingerprint density at radius 1 is 1.45 bits per heavy atom. The standard InChI is InChI=1S/C15H21FN2O2/c1-9(12-7-17-8-12)15(19)18-10(2)11-4-5-14(20-3)13(16)6-11/h4-6,9-10,12,17H,7-8H2,1-3H3,(H,18,19). The molecule has 1 aliphatic heterocycles. The lowest BCUT2D eigenvalue weighted by atomic mass is 9.88. The van der Waals surface area contributed by atoms with E-state index < -0.39 is 5.82 Å². The molecule has 2 atom stereocenters. The maximum absolute atomic E-state index is 13.7. The molecule has 0 saturated carbocycles. The monoisotopic (exact) mass is 280 g/mol. The van der Waals surface area contributed by atoms with Gasteiger partial charge in [-0.05, 0) is 43.6 Å². The molecule has 2 unspecified atom stereocenters. The second kappa shape index (κ2) is 6.22. The molecule has 2 rings (SSSR count). The molecule has 20 heavy (non-hydrogen) atoms. The molecule has 1 amide bonds. The number of hydrogen-bond acceptors (Lipinski definition) is 3. The van der Waals surface area contributed by atoms with Crippen LogP contribution in [-0.2, 0) is 4.79 Å². The predicted molar refractivity (Wildman–Crippen MR) is 75.0 cm³/mol. The molecule has 0 bridgehead atoms. The minimum atomic E-state index is -0.414. The molecule has 110 valence electrons. The summed E-state index contributed by atoms with van der Waals surface area (Å²) in [5.74, 6) is 0.181. The van der Waals surface area contributed by atoms with E-state index in [-0.39, 0.29) is 23.6 Å². The van der Waals surface area contributed by atoms with Crippen LogP contribution in [0.25, 0.3) is 0 Å². The highest BCUT2D eigenvalue weighted by molar-refractivity contribution is 5.79. The van der Waals surface area contributed by atoms with E-state index in [1.807, 2.05) is 13.8 Å². The molecule has 5 heteroatoms. The number of methoxy groups -OCH3 is 1. The summed E-state index contributed by atoms with van der Waals surface area (Å²) in [5.41, 5.74) is 0.732. The summed E-state index contributed by atoms with van der Waals surface area (Å²) in [7, 11) is 1.43. The van der Waals surface area contributed by atoms with Gasteiger partial charge in [-0.3, -0.25) is 4.79 Å². The molecule has 0 spiro atoms. The van der Waals surface area contributed by atoms with Crippen molar-refractivity contribution in [3.05, 3.63) is 29.6 Å². The van der Waals surface area contributed by atoms with Crippen LogP contribution >= 0.6 is 0 Å². The quantitative estimate of drug-likeness (QED) is 0.865. The maximum atomic E-state index is 13.7. The van der Waals surface area contributed by atoms with Crippen LogP contribution in [0.15, 0.2) is 18.2 Å². The molecule has 1 aromatic carbocycles. The van der Waals surface area contributed by atoms with Crippen molar-refractivity contribution in [1.29, 1.82) is 0 Å². The normalized spacial score (nSPS) is 18.0. The number of carbonyl (C=O) groups is 1. The average molecular weight is 280 g/mol. The van der Waals surface area contributed by atoms with Gasteiger partial charge in [-0.15, -0.1) is 0 Å². The number of hydrogen-bond donors (Lipinski definition) is 2. The molecular formula is C15H21FN2O2. The number of benzene rings is 1. The minimum absolute atomic E-state index is 0.0141. The number of nitrogens with one attached hydrogen (secondary N) is 2. The first-order chi connectivity index (χ1) is 9.52. The number of amides is 1. The molecule has 0 radical (unpaired) electrons. The Balaban J connectivity index is 1.98. The zero-order valence-corrected chi connectivity index (χ0v) is 12.1. The van der Waals surface area contributed by atoms with Crippen molar-refractivity contribution in [2.75, 3.05) is 20.2 Å². The number of halogens is 1. The van der Waals surface area contributed by atoms with Gasteiger partial charge in [0.2, 0.25) is 5.91 Å². The Morgan fingerprint density at radius 3 is 2.65 bits per heavy atom. The smallest absolute Gasteiger partial charge is 0.223 e. The largest absolute Gasteiger partial charge is 0.494 e. The van der Waals surface area contributed by atoms with E-state index in [0.717, 1.165) is 18.7 Å². The van der Waals surface area contributed by atoms with E-state index >= 15 is 0 Å². The number of rotatable bonds is 5. The Bertz CT molecular complexity index is 489. The minimum Gasteiger partial charge on any atom is -0.494 e. The van der Waals surface area contributed by atoms with Gasteiger partial charge in [0.05, 0.1) is 13.2 Å². The van der Waals surface area contributed by atoms with E-state index in [1.165, 1.54) is 13.2 Å². The van der Waals surface area contributed by atoms with Crippen molar-refractivity contribution in [1.82, 2.24) is 10.6 Å². The van der Waals surface area contributed by atoms with Crippen molar-refractivity contribution < 1.29 is 13.9 Å². The molecule has 4 nitrogen and oxygen atoms in total. The third-order valence-corrected chi connectivity index (χ3v) is 3.97. The Hall–Kier alpha value is -1.62. The topological polar surface area (TPSA) is 50.4 Å². The number of carbonyl (C=O) groups excluding carboxylic acids is 1. The molecule has 1 aromatic rings. The average Bonchev–Trinajstić information content (AvgIpc) is 2.36. The Kier molecular flexibility index (Phi) is 4.60. The molecule has 1 saturated heterocycles. The number of ether oxygens (including phenoxy) is 1. The molecule has 1 fully saturated rings. The predicted octanol–water partition coefficient (Wildman–Crippen LogP) is 1.87. The van der Waals surface area contributed by atoms with Crippen molar-refractivity contribution >= 4 is 5.91 Å². The van der Waals surface area contributed by atoms with E-state index in [4.69, 9.17) is 4.74 Å². The SMILES string of the molecule is COc1ccc(C(C)NC(=O)C(C)C2CNC2)cc1F. The van der Waals surface area contributed by atoms with Gasteiger partial charge in [-0.2, -0.15) is 0 Å². The van der Waals surface area contributed by atoms with E-state index in [2.05, 4.69) is 10.6 Å². The summed E-state index contributed by atoms with van der Waals surface area (Å²) >= 11 is 0. The molecule has 1 heterocycles.